The van der Waals surface area contributed by atoms with Gasteiger partial charge in [-0.1, -0.05) is 35.9 Å². The number of amides is 1. The van der Waals surface area contributed by atoms with E-state index < -0.39 is 10.7 Å². The Kier molecular flexibility index (Phi) is 8.91. The highest BCUT2D eigenvalue weighted by Crippen LogP contribution is 2.35. The topological polar surface area (TPSA) is 120 Å². The van der Waals surface area contributed by atoms with Gasteiger partial charge in [-0.3, -0.25) is 14.7 Å². The van der Waals surface area contributed by atoms with Crippen LogP contribution in [0, 0.1) is 5.82 Å². The number of aromatic nitrogens is 3. The molecule has 0 aliphatic carbocycles. The summed E-state index contributed by atoms with van der Waals surface area (Å²) in [6, 6.07) is 12.1. The highest BCUT2D eigenvalue weighted by Gasteiger charge is 2.21. The van der Waals surface area contributed by atoms with Gasteiger partial charge < -0.3 is 15.5 Å². The smallest absolute Gasteiger partial charge is 0.234 e. The number of hydrogen-bond donors (Lipinski definition) is 3. The van der Waals surface area contributed by atoms with Crippen LogP contribution in [-0.4, -0.2) is 72.8 Å². The summed E-state index contributed by atoms with van der Waals surface area (Å²) >= 11 is 6.55. The van der Waals surface area contributed by atoms with Gasteiger partial charge in [0.2, 0.25) is 11.9 Å². The number of fused-ring (bicyclic) bond motifs is 1. The van der Waals surface area contributed by atoms with E-state index in [2.05, 4.69) is 25.6 Å². The third kappa shape index (κ3) is 6.89. The number of pyridine rings is 1. The van der Waals surface area contributed by atoms with Gasteiger partial charge in [-0.2, -0.15) is 0 Å². The lowest BCUT2D eigenvalue weighted by atomic mass is 10.0. The number of piperazine rings is 1. The SMILES string of the molecule is C[C@@H](Nc1c(Cl)cnc2ccc(-c3cnc(N4CCN(CC(=O)NC[SH](=O)=O)CC4)nc3)cc12)c1ccccc1F. The molecular weight excluding hydrogens is 569 g/mol. The molecule has 2 N–H and O–H groups in total. The van der Waals surface area contributed by atoms with Gasteiger partial charge in [-0.25, -0.2) is 22.8 Å². The summed E-state index contributed by atoms with van der Waals surface area (Å²) < 4.78 is 35.7. The summed E-state index contributed by atoms with van der Waals surface area (Å²) in [7, 11) is -2.64. The monoisotopic (exact) mass is 597 g/mol. The van der Waals surface area contributed by atoms with Gasteiger partial charge >= 0.3 is 0 Å². The van der Waals surface area contributed by atoms with Crippen LogP contribution in [0.2, 0.25) is 5.02 Å². The fourth-order valence-corrected chi connectivity index (χ4v) is 5.28. The van der Waals surface area contributed by atoms with Crippen molar-refractivity contribution < 1.29 is 17.6 Å². The first kappa shape index (κ1) is 28.7. The van der Waals surface area contributed by atoms with Crippen molar-refractivity contribution in [1.82, 2.24) is 25.2 Å². The Labute approximate surface area is 243 Å². The van der Waals surface area contributed by atoms with Crippen LogP contribution in [-0.2, 0) is 15.5 Å². The molecule has 1 aliphatic rings. The first-order chi connectivity index (χ1) is 19.8. The Bertz CT molecular complexity index is 1620. The predicted molar refractivity (Wildman–Crippen MR) is 158 cm³/mol. The summed E-state index contributed by atoms with van der Waals surface area (Å²) in [4.78, 5) is 29.5. The van der Waals surface area contributed by atoms with E-state index in [1.165, 1.54) is 6.07 Å². The van der Waals surface area contributed by atoms with Gasteiger partial charge in [0.25, 0.3) is 0 Å². The Morgan fingerprint density at radius 2 is 1.76 bits per heavy atom. The zero-order chi connectivity index (χ0) is 28.9. The number of rotatable bonds is 9. The molecule has 0 radical (unpaired) electrons. The molecule has 1 fully saturated rings. The Hall–Kier alpha value is -3.87. The minimum absolute atomic E-state index is 0.146. The number of carbonyl (C=O) groups excluding carboxylic acids is 1. The number of thiol groups is 1. The van der Waals surface area contributed by atoms with Crippen molar-refractivity contribution in [3.05, 3.63) is 77.5 Å². The van der Waals surface area contributed by atoms with Gasteiger partial charge in [0.05, 0.1) is 28.8 Å². The maximum absolute atomic E-state index is 14.4. The largest absolute Gasteiger partial charge is 0.377 e. The maximum Gasteiger partial charge on any atom is 0.234 e. The van der Waals surface area contributed by atoms with Crippen LogP contribution in [0.3, 0.4) is 0 Å². The van der Waals surface area contributed by atoms with Crippen LogP contribution in [0.25, 0.3) is 22.0 Å². The molecule has 0 bridgehead atoms. The molecule has 2 aromatic carbocycles. The Balaban J connectivity index is 1.29. The van der Waals surface area contributed by atoms with Crippen LogP contribution in [0.4, 0.5) is 16.0 Å². The summed E-state index contributed by atoms with van der Waals surface area (Å²) in [6.45, 7) is 4.55. The number of hydrogen-bond acceptors (Lipinski definition) is 9. The third-order valence-corrected chi connectivity index (χ3v) is 7.66. The first-order valence-electron chi connectivity index (χ1n) is 13.1. The number of nitrogens with zero attached hydrogens (tertiary/aromatic N) is 5. The molecule has 0 spiro atoms. The van der Waals surface area contributed by atoms with E-state index in [0.717, 1.165) is 22.0 Å². The number of halogens is 2. The van der Waals surface area contributed by atoms with Gasteiger partial charge in [-0.15, -0.1) is 0 Å². The van der Waals surface area contributed by atoms with E-state index in [0.29, 0.717) is 48.4 Å². The second kappa shape index (κ2) is 12.8. The van der Waals surface area contributed by atoms with E-state index in [1.807, 2.05) is 34.9 Å². The number of benzene rings is 2. The molecule has 3 heterocycles. The van der Waals surface area contributed by atoms with Crippen LogP contribution in [0.1, 0.15) is 18.5 Å². The van der Waals surface area contributed by atoms with Crippen molar-refractivity contribution >= 4 is 50.8 Å². The molecule has 1 saturated heterocycles. The molecular formula is C28H29ClFN7O3S. The lowest BCUT2D eigenvalue weighted by Gasteiger charge is -2.34. The van der Waals surface area contributed by atoms with Crippen LogP contribution < -0.4 is 15.5 Å². The molecule has 0 unspecified atom stereocenters. The quantitative estimate of drug-likeness (QED) is 0.249. The summed E-state index contributed by atoms with van der Waals surface area (Å²) in [5.41, 5.74) is 3.64. The van der Waals surface area contributed by atoms with Crippen LogP contribution >= 0.6 is 11.6 Å². The van der Waals surface area contributed by atoms with Gasteiger partial charge in [0.1, 0.15) is 11.7 Å². The van der Waals surface area contributed by atoms with Crippen molar-refractivity contribution in [3.63, 3.8) is 0 Å². The molecule has 0 saturated carbocycles. The zero-order valence-electron chi connectivity index (χ0n) is 22.3. The minimum Gasteiger partial charge on any atom is -0.377 e. The number of carbonyl (C=O) groups is 1. The van der Waals surface area contributed by atoms with Crippen molar-refractivity contribution in [1.29, 1.82) is 0 Å². The molecule has 214 valence electrons. The van der Waals surface area contributed by atoms with Crippen LogP contribution in [0.15, 0.2) is 61.1 Å². The van der Waals surface area contributed by atoms with E-state index in [-0.39, 0.29) is 30.2 Å². The third-order valence-electron chi connectivity index (χ3n) is 6.95. The standard InChI is InChI=1S/C28H29ClFN7O3S/c1-18(21-4-2-3-5-24(21)30)35-27-22-12-19(6-7-25(22)31-15-23(27)29)20-13-32-28(33-14-20)37-10-8-36(9-11-37)16-26(38)34-17-41(39)40/h2-7,12-15,18,41H,8-11,16-17H2,1H3,(H,31,35)(H,34,38)/t18-/m1/s1. The van der Waals surface area contributed by atoms with Crippen LogP contribution in [0.5, 0.6) is 0 Å². The fourth-order valence-electron chi connectivity index (χ4n) is 4.77. The molecule has 5 rings (SSSR count). The van der Waals surface area contributed by atoms with E-state index in [9.17, 15) is 17.6 Å². The summed E-state index contributed by atoms with van der Waals surface area (Å²) in [5, 5.41) is 6.98. The van der Waals surface area contributed by atoms with E-state index in [1.54, 1.807) is 36.8 Å². The van der Waals surface area contributed by atoms with Gasteiger partial charge in [0.15, 0.2) is 10.7 Å². The molecule has 1 aliphatic heterocycles. The molecule has 41 heavy (non-hydrogen) atoms. The fraction of sp³-hybridized carbons (Fsp3) is 0.286. The molecule has 1 amide bonds. The van der Waals surface area contributed by atoms with E-state index in [4.69, 9.17) is 11.6 Å². The molecule has 13 heteroatoms. The van der Waals surface area contributed by atoms with Crippen molar-refractivity contribution in [3.8, 4) is 11.1 Å². The minimum atomic E-state index is -2.64. The highest BCUT2D eigenvalue weighted by molar-refractivity contribution is 7.72. The Morgan fingerprint density at radius 3 is 2.46 bits per heavy atom. The van der Waals surface area contributed by atoms with Gasteiger partial charge in [0, 0.05) is 61.3 Å². The van der Waals surface area contributed by atoms with Crippen molar-refractivity contribution in [2.24, 2.45) is 0 Å². The van der Waals surface area contributed by atoms with Crippen molar-refractivity contribution in [2.45, 2.75) is 13.0 Å². The maximum atomic E-state index is 14.4. The molecule has 2 aromatic heterocycles. The summed E-state index contributed by atoms with van der Waals surface area (Å²) in [6.07, 6.45) is 5.11. The Morgan fingerprint density at radius 1 is 1.02 bits per heavy atom. The lowest BCUT2D eigenvalue weighted by Crippen LogP contribution is -2.50. The lowest BCUT2D eigenvalue weighted by molar-refractivity contribution is -0.122. The molecule has 4 aromatic rings. The number of nitrogens with one attached hydrogen (secondary N) is 2. The first-order valence-corrected chi connectivity index (χ1v) is 14.8. The second-order valence-corrected chi connectivity index (χ2v) is 11.1. The molecule has 10 nitrogen and oxygen atoms in total. The normalized spacial score (nSPS) is 14.8. The van der Waals surface area contributed by atoms with Crippen molar-refractivity contribution in [2.75, 3.05) is 48.8 Å². The zero-order valence-corrected chi connectivity index (χ0v) is 23.9. The summed E-state index contributed by atoms with van der Waals surface area (Å²) in [5.74, 6) is -0.362. The average Bonchev–Trinajstić information content (AvgIpc) is 2.98. The molecule has 1 atom stereocenters. The predicted octanol–water partition coefficient (Wildman–Crippen LogP) is 3.46. The van der Waals surface area contributed by atoms with E-state index >= 15 is 0 Å². The second-order valence-electron chi connectivity index (χ2n) is 9.73. The van der Waals surface area contributed by atoms with Gasteiger partial charge in [-0.05, 0) is 30.7 Å². The average molecular weight is 598 g/mol. The number of anilines is 2. The highest BCUT2D eigenvalue weighted by atomic mass is 35.5.